The smallest absolute Gasteiger partial charge is 0.319 e. The van der Waals surface area contributed by atoms with E-state index in [1.54, 1.807) is 4.90 Å². The molecular weight excluding hydrogens is 178 g/mol. The molecule has 2 fully saturated rings. The van der Waals surface area contributed by atoms with Crippen molar-refractivity contribution in [1.29, 1.82) is 0 Å². The number of carbonyl (C=O) groups excluding carboxylic acids is 1. The summed E-state index contributed by atoms with van der Waals surface area (Å²) in [5.41, 5.74) is 0. The summed E-state index contributed by atoms with van der Waals surface area (Å²) >= 11 is 0. The number of nitrogens with zero attached hydrogens (tertiary/aromatic N) is 2. The van der Waals surface area contributed by atoms with Gasteiger partial charge in [-0.15, -0.1) is 0 Å². The highest BCUT2D eigenvalue weighted by Crippen LogP contribution is 2.32. The fourth-order valence-corrected chi connectivity index (χ4v) is 2.68. The van der Waals surface area contributed by atoms with Crippen molar-refractivity contribution >= 4 is 6.03 Å². The van der Waals surface area contributed by atoms with E-state index in [0.717, 1.165) is 19.6 Å². The van der Waals surface area contributed by atoms with Gasteiger partial charge in [-0.05, 0) is 18.8 Å². The predicted molar refractivity (Wildman–Crippen MR) is 55.1 cm³/mol. The van der Waals surface area contributed by atoms with Crippen molar-refractivity contribution in [3.8, 4) is 0 Å². The summed E-state index contributed by atoms with van der Waals surface area (Å²) in [4.78, 5) is 15.5. The average Bonchev–Trinajstić information content (AvgIpc) is 2.68. The Kier molecular flexibility index (Phi) is 2.39. The lowest BCUT2D eigenvalue weighted by atomic mass is 9.95. The Balaban J connectivity index is 2.06. The Morgan fingerprint density at radius 1 is 1.43 bits per heavy atom. The maximum Gasteiger partial charge on any atom is 0.319 e. The first-order chi connectivity index (χ1) is 6.61. The van der Waals surface area contributed by atoms with Crippen LogP contribution in [0.2, 0.25) is 0 Å². The Labute approximate surface area is 85.2 Å². The molecule has 3 unspecified atom stereocenters. The van der Waals surface area contributed by atoms with Gasteiger partial charge in [-0.25, -0.2) is 4.79 Å². The van der Waals surface area contributed by atoms with Gasteiger partial charge in [0.15, 0.2) is 0 Å². The first-order valence-electron chi connectivity index (χ1n) is 5.30. The first kappa shape index (κ1) is 9.77. The van der Waals surface area contributed by atoms with Crippen LogP contribution < -0.4 is 5.32 Å². The summed E-state index contributed by atoms with van der Waals surface area (Å²) in [6, 6.07) is 0.553. The number of hydrogen-bond acceptors (Lipinski definition) is 2. The zero-order chi connectivity index (χ0) is 10.3. The SMILES string of the molecule is CC1C2CNCC2CN1C(=O)N(C)C. The molecular formula is C10H19N3O. The molecule has 0 aromatic rings. The van der Waals surface area contributed by atoms with E-state index < -0.39 is 0 Å². The molecule has 0 aromatic heterocycles. The number of nitrogens with one attached hydrogen (secondary N) is 1. The van der Waals surface area contributed by atoms with Crippen LogP contribution in [0.4, 0.5) is 4.79 Å². The number of hydrogen-bond donors (Lipinski definition) is 1. The molecule has 14 heavy (non-hydrogen) atoms. The molecule has 2 aliphatic rings. The first-order valence-corrected chi connectivity index (χ1v) is 5.30. The third-order valence-corrected chi connectivity index (χ3v) is 3.56. The van der Waals surface area contributed by atoms with Crippen molar-refractivity contribution < 1.29 is 4.79 Å². The lowest BCUT2D eigenvalue weighted by molar-refractivity contribution is 0.163. The van der Waals surface area contributed by atoms with Crippen LogP contribution in [0.25, 0.3) is 0 Å². The van der Waals surface area contributed by atoms with E-state index in [1.165, 1.54) is 0 Å². The quantitative estimate of drug-likeness (QED) is 0.602. The monoisotopic (exact) mass is 197 g/mol. The van der Waals surface area contributed by atoms with Crippen LogP contribution in [0.3, 0.4) is 0 Å². The van der Waals surface area contributed by atoms with Crippen LogP contribution in [-0.4, -0.2) is 55.6 Å². The second-order valence-corrected chi connectivity index (χ2v) is 4.65. The van der Waals surface area contributed by atoms with Gasteiger partial charge in [-0.3, -0.25) is 0 Å². The fraction of sp³-hybridized carbons (Fsp3) is 0.900. The zero-order valence-electron chi connectivity index (χ0n) is 9.16. The van der Waals surface area contributed by atoms with Gasteiger partial charge in [0, 0.05) is 39.8 Å². The van der Waals surface area contributed by atoms with E-state index in [-0.39, 0.29) is 6.03 Å². The molecule has 4 heteroatoms. The van der Waals surface area contributed by atoms with Crippen molar-refractivity contribution in [2.24, 2.45) is 11.8 Å². The van der Waals surface area contributed by atoms with Gasteiger partial charge in [0.2, 0.25) is 0 Å². The Hall–Kier alpha value is -0.770. The van der Waals surface area contributed by atoms with Crippen molar-refractivity contribution in [2.45, 2.75) is 13.0 Å². The number of urea groups is 1. The molecule has 1 N–H and O–H groups in total. The van der Waals surface area contributed by atoms with Gasteiger partial charge < -0.3 is 15.1 Å². The van der Waals surface area contributed by atoms with Gasteiger partial charge in [0.25, 0.3) is 0 Å². The molecule has 2 heterocycles. The van der Waals surface area contributed by atoms with E-state index in [9.17, 15) is 4.79 Å². The third kappa shape index (κ3) is 1.38. The Morgan fingerprint density at radius 2 is 2.14 bits per heavy atom. The Bertz CT molecular complexity index is 242. The van der Waals surface area contributed by atoms with Gasteiger partial charge in [-0.1, -0.05) is 0 Å². The molecule has 80 valence electrons. The fourth-order valence-electron chi connectivity index (χ4n) is 2.68. The number of amides is 2. The lowest BCUT2D eigenvalue weighted by Crippen LogP contribution is -2.43. The predicted octanol–water partition coefficient (Wildman–Crippen LogP) is 0.208. The van der Waals surface area contributed by atoms with Gasteiger partial charge in [0.05, 0.1) is 0 Å². The summed E-state index contributed by atoms with van der Waals surface area (Å²) in [6.45, 7) is 5.24. The van der Waals surface area contributed by atoms with Gasteiger partial charge in [-0.2, -0.15) is 0 Å². The van der Waals surface area contributed by atoms with Crippen LogP contribution in [0.15, 0.2) is 0 Å². The number of likely N-dealkylation sites (tertiary alicyclic amines) is 1. The van der Waals surface area contributed by atoms with Crippen molar-refractivity contribution in [3.63, 3.8) is 0 Å². The van der Waals surface area contributed by atoms with Gasteiger partial charge in [0.1, 0.15) is 0 Å². The molecule has 2 amide bonds. The van der Waals surface area contributed by atoms with Crippen molar-refractivity contribution in [2.75, 3.05) is 33.7 Å². The van der Waals surface area contributed by atoms with Crippen LogP contribution in [0, 0.1) is 11.8 Å². The standard InChI is InChI=1S/C10H19N3O/c1-7-9-5-11-4-8(9)6-13(7)10(14)12(2)3/h7-9,11H,4-6H2,1-3H3. The summed E-state index contributed by atoms with van der Waals surface area (Å²) in [6.07, 6.45) is 0. The molecule has 0 spiro atoms. The van der Waals surface area contributed by atoms with E-state index in [0.29, 0.717) is 17.9 Å². The number of fused-ring (bicyclic) bond motifs is 1. The number of rotatable bonds is 0. The number of carbonyl (C=O) groups is 1. The van der Waals surface area contributed by atoms with E-state index in [2.05, 4.69) is 12.2 Å². The normalized spacial score (nSPS) is 35.9. The molecule has 4 nitrogen and oxygen atoms in total. The minimum Gasteiger partial charge on any atom is -0.331 e. The van der Waals surface area contributed by atoms with Gasteiger partial charge >= 0.3 is 6.03 Å². The molecule has 0 saturated carbocycles. The Morgan fingerprint density at radius 3 is 2.71 bits per heavy atom. The summed E-state index contributed by atoms with van der Waals surface area (Å²) < 4.78 is 0. The summed E-state index contributed by atoms with van der Waals surface area (Å²) in [5, 5.41) is 3.39. The van der Waals surface area contributed by atoms with E-state index in [1.807, 2.05) is 19.0 Å². The van der Waals surface area contributed by atoms with Crippen LogP contribution in [0.1, 0.15) is 6.92 Å². The largest absolute Gasteiger partial charge is 0.331 e. The summed E-state index contributed by atoms with van der Waals surface area (Å²) in [7, 11) is 3.64. The minimum atomic E-state index is 0.159. The topological polar surface area (TPSA) is 35.6 Å². The average molecular weight is 197 g/mol. The van der Waals surface area contributed by atoms with Crippen LogP contribution in [0.5, 0.6) is 0 Å². The minimum absolute atomic E-state index is 0.159. The van der Waals surface area contributed by atoms with E-state index >= 15 is 0 Å². The second kappa shape index (κ2) is 3.42. The second-order valence-electron chi connectivity index (χ2n) is 4.65. The lowest BCUT2D eigenvalue weighted by Gasteiger charge is -2.27. The molecule has 3 atom stereocenters. The molecule has 0 aliphatic carbocycles. The van der Waals surface area contributed by atoms with E-state index in [4.69, 9.17) is 0 Å². The summed E-state index contributed by atoms with van der Waals surface area (Å²) in [5.74, 6) is 1.34. The highest BCUT2D eigenvalue weighted by atomic mass is 16.2. The van der Waals surface area contributed by atoms with Crippen molar-refractivity contribution in [3.05, 3.63) is 0 Å². The third-order valence-electron chi connectivity index (χ3n) is 3.56. The zero-order valence-corrected chi connectivity index (χ0v) is 9.16. The molecule has 2 rings (SSSR count). The van der Waals surface area contributed by atoms with Crippen LogP contribution >= 0.6 is 0 Å². The highest BCUT2D eigenvalue weighted by Gasteiger charge is 2.43. The van der Waals surface area contributed by atoms with Crippen LogP contribution in [-0.2, 0) is 0 Å². The molecule has 2 aliphatic heterocycles. The maximum absolute atomic E-state index is 11.8. The highest BCUT2D eigenvalue weighted by molar-refractivity contribution is 5.74. The molecule has 0 aromatic carbocycles. The molecule has 0 radical (unpaired) electrons. The maximum atomic E-state index is 11.8. The molecule has 0 bridgehead atoms. The molecule has 2 saturated heterocycles. The van der Waals surface area contributed by atoms with Crippen molar-refractivity contribution in [1.82, 2.24) is 15.1 Å².